The Morgan fingerprint density at radius 3 is 2.35 bits per heavy atom. The van der Waals surface area contributed by atoms with Crippen molar-refractivity contribution in [2.24, 2.45) is 0 Å². The maximum atomic E-state index is 12.2. The molecule has 0 bridgehead atoms. The summed E-state index contributed by atoms with van der Waals surface area (Å²) in [5.41, 5.74) is 0.532. The Balaban J connectivity index is 2.47. The lowest BCUT2D eigenvalue weighted by molar-refractivity contribution is -0.139. The van der Waals surface area contributed by atoms with E-state index >= 15 is 0 Å². The van der Waals surface area contributed by atoms with Gasteiger partial charge in [-0.3, -0.25) is 9.59 Å². The van der Waals surface area contributed by atoms with E-state index in [1.807, 2.05) is 0 Å². The lowest BCUT2D eigenvalue weighted by atomic mass is 10.0. The fraction of sp³-hybridized carbons (Fsp3) is 0.529. The van der Waals surface area contributed by atoms with Crippen molar-refractivity contribution < 1.29 is 14.7 Å². The molecule has 0 radical (unpaired) electrons. The fourth-order valence-corrected chi connectivity index (χ4v) is 2.57. The van der Waals surface area contributed by atoms with Crippen LogP contribution in [0.3, 0.4) is 0 Å². The molecule has 0 aliphatic heterocycles. The van der Waals surface area contributed by atoms with Crippen LogP contribution in [0, 0.1) is 0 Å². The monoisotopic (exact) mass is 384 g/mol. The van der Waals surface area contributed by atoms with Crippen molar-refractivity contribution >= 4 is 27.7 Å². The van der Waals surface area contributed by atoms with Gasteiger partial charge in [-0.2, -0.15) is 0 Å². The van der Waals surface area contributed by atoms with Crippen LogP contribution in [-0.4, -0.2) is 54.0 Å². The molecule has 0 aliphatic carbocycles. The average molecular weight is 385 g/mol. The third-order valence-electron chi connectivity index (χ3n) is 3.79. The highest BCUT2D eigenvalue weighted by atomic mass is 79.9. The van der Waals surface area contributed by atoms with Crippen LogP contribution in [0.15, 0.2) is 28.7 Å². The number of carbonyl (C=O) groups is 2. The van der Waals surface area contributed by atoms with Gasteiger partial charge in [0.15, 0.2) is 5.78 Å². The van der Waals surface area contributed by atoms with E-state index in [2.05, 4.69) is 40.0 Å². The lowest BCUT2D eigenvalue weighted by Crippen LogP contribution is -2.40. The first-order chi connectivity index (χ1) is 11.0. The van der Waals surface area contributed by atoms with Gasteiger partial charge >= 0.3 is 5.97 Å². The van der Waals surface area contributed by atoms with E-state index in [1.165, 1.54) is 0 Å². The molecule has 1 atom stereocenters. The highest BCUT2D eigenvalue weighted by molar-refractivity contribution is 9.10. The molecule has 5 nitrogen and oxygen atoms in total. The number of carboxylic acids is 1. The number of benzene rings is 1. The van der Waals surface area contributed by atoms with Crippen molar-refractivity contribution in [3.63, 3.8) is 0 Å². The lowest BCUT2D eigenvalue weighted by Gasteiger charge is -2.19. The second-order valence-electron chi connectivity index (χ2n) is 5.36. The molecule has 0 aliphatic rings. The number of carboxylic acid groups (broad SMARTS) is 1. The second-order valence-corrected chi connectivity index (χ2v) is 6.28. The Morgan fingerprint density at radius 2 is 1.83 bits per heavy atom. The molecule has 0 fully saturated rings. The zero-order chi connectivity index (χ0) is 17.2. The van der Waals surface area contributed by atoms with Crippen molar-refractivity contribution in [1.29, 1.82) is 0 Å². The Morgan fingerprint density at radius 1 is 1.22 bits per heavy atom. The normalized spacial score (nSPS) is 12.3. The molecule has 1 rings (SSSR count). The number of Topliss-reactive ketones (excluding diaryl/α,β-unsaturated/α-hetero) is 1. The van der Waals surface area contributed by atoms with Crippen LogP contribution >= 0.6 is 15.9 Å². The number of nitrogens with zero attached hydrogens (tertiary/aromatic N) is 1. The van der Waals surface area contributed by atoms with E-state index in [-0.39, 0.29) is 12.2 Å². The zero-order valence-corrected chi connectivity index (χ0v) is 15.3. The third-order valence-corrected chi connectivity index (χ3v) is 4.32. The number of rotatable bonds is 11. The number of aliphatic carboxylic acids is 1. The number of halogens is 1. The Kier molecular flexibility index (Phi) is 9.06. The minimum absolute atomic E-state index is 0.0394. The van der Waals surface area contributed by atoms with Gasteiger partial charge in [-0.15, -0.1) is 0 Å². The molecular weight excluding hydrogens is 360 g/mol. The first-order valence-electron chi connectivity index (χ1n) is 7.95. The van der Waals surface area contributed by atoms with Gasteiger partial charge in [0.1, 0.15) is 6.04 Å². The molecule has 1 aromatic carbocycles. The van der Waals surface area contributed by atoms with Crippen LogP contribution < -0.4 is 5.32 Å². The van der Waals surface area contributed by atoms with Crippen LogP contribution in [0.4, 0.5) is 0 Å². The van der Waals surface area contributed by atoms with Crippen LogP contribution in [0.5, 0.6) is 0 Å². The first-order valence-corrected chi connectivity index (χ1v) is 8.74. The van der Waals surface area contributed by atoms with E-state index in [0.29, 0.717) is 12.1 Å². The van der Waals surface area contributed by atoms with Crippen LogP contribution in [0.25, 0.3) is 0 Å². The molecule has 2 N–H and O–H groups in total. The summed E-state index contributed by atoms with van der Waals surface area (Å²) < 4.78 is 0.887. The van der Waals surface area contributed by atoms with E-state index in [1.54, 1.807) is 24.3 Å². The summed E-state index contributed by atoms with van der Waals surface area (Å²) in [5, 5.41) is 12.3. The summed E-state index contributed by atoms with van der Waals surface area (Å²) in [7, 11) is 0. The molecule has 0 amide bonds. The predicted octanol–water partition coefficient (Wildman–Crippen LogP) is 2.80. The Labute approximate surface area is 146 Å². The Hall–Kier alpha value is -1.24. The van der Waals surface area contributed by atoms with Gasteiger partial charge in [0.25, 0.3) is 0 Å². The second kappa shape index (κ2) is 10.5. The molecule has 6 heteroatoms. The van der Waals surface area contributed by atoms with Gasteiger partial charge in [0.2, 0.25) is 0 Å². The number of hydrogen-bond acceptors (Lipinski definition) is 4. The quantitative estimate of drug-likeness (QED) is 0.453. The van der Waals surface area contributed by atoms with Gasteiger partial charge < -0.3 is 15.3 Å². The highest BCUT2D eigenvalue weighted by Gasteiger charge is 2.21. The standard InChI is InChI=1S/C17H25BrN2O3/c1-3-20(4-2)11-5-10-19-15(17(22)23)12-16(21)13-6-8-14(18)9-7-13/h6-9,15,19H,3-5,10-12H2,1-2H3,(H,22,23). The minimum Gasteiger partial charge on any atom is -0.480 e. The van der Waals surface area contributed by atoms with Crippen molar-refractivity contribution in [2.45, 2.75) is 32.7 Å². The van der Waals surface area contributed by atoms with Gasteiger partial charge in [0.05, 0.1) is 0 Å². The van der Waals surface area contributed by atoms with E-state index in [0.717, 1.165) is 30.5 Å². The van der Waals surface area contributed by atoms with E-state index < -0.39 is 12.0 Å². The SMILES string of the molecule is CCN(CC)CCCNC(CC(=O)c1ccc(Br)cc1)C(=O)O. The van der Waals surface area contributed by atoms with Crippen molar-refractivity contribution in [2.75, 3.05) is 26.2 Å². The first kappa shape index (κ1) is 19.8. The number of nitrogens with one attached hydrogen (secondary N) is 1. The molecule has 0 spiro atoms. The van der Waals surface area contributed by atoms with Crippen molar-refractivity contribution in [3.8, 4) is 0 Å². The summed E-state index contributed by atoms with van der Waals surface area (Å²) >= 11 is 3.31. The number of carbonyl (C=O) groups excluding carboxylic acids is 1. The Bertz CT molecular complexity index is 501. The highest BCUT2D eigenvalue weighted by Crippen LogP contribution is 2.13. The third kappa shape index (κ3) is 7.24. The van der Waals surface area contributed by atoms with Crippen LogP contribution in [0.1, 0.15) is 37.0 Å². The molecule has 128 valence electrons. The number of hydrogen-bond donors (Lipinski definition) is 2. The molecule has 0 heterocycles. The van der Waals surface area contributed by atoms with Crippen molar-refractivity contribution in [3.05, 3.63) is 34.3 Å². The van der Waals surface area contributed by atoms with Gasteiger partial charge in [-0.25, -0.2) is 0 Å². The maximum absolute atomic E-state index is 12.2. The smallest absolute Gasteiger partial charge is 0.321 e. The molecule has 0 saturated heterocycles. The number of ketones is 1. The van der Waals surface area contributed by atoms with Gasteiger partial charge in [-0.05, 0) is 44.7 Å². The van der Waals surface area contributed by atoms with Gasteiger partial charge in [-0.1, -0.05) is 41.9 Å². The van der Waals surface area contributed by atoms with Crippen LogP contribution in [0.2, 0.25) is 0 Å². The molecule has 23 heavy (non-hydrogen) atoms. The summed E-state index contributed by atoms with van der Waals surface area (Å²) in [6.45, 7) is 7.69. The van der Waals surface area contributed by atoms with E-state index in [4.69, 9.17) is 0 Å². The largest absolute Gasteiger partial charge is 0.480 e. The summed E-state index contributed by atoms with van der Waals surface area (Å²) in [5.74, 6) is -1.15. The van der Waals surface area contributed by atoms with Gasteiger partial charge in [0, 0.05) is 16.5 Å². The molecule has 1 aromatic rings. The van der Waals surface area contributed by atoms with Crippen LogP contribution in [-0.2, 0) is 4.79 Å². The van der Waals surface area contributed by atoms with E-state index in [9.17, 15) is 14.7 Å². The summed E-state index contributed by atoms with van der Waals surface area (Å²) in [4.78, 5) is 25.8. The molecular formula is C17H25BrN2O3. The summed E-state index contributed by atoms with van der Waals surface area (Å²) in [6.07, 6.45) is 0.820. The topological polar surface area (TPSA) is 69.6 Å². The zero-order valence-electron chi connectivity index (χ0n) is 13.7. The molecule has 0 saturated carbocycles. The molecule has 0 aromatic heterocycles. The predicted molar refractivity (Wildman–Crippen MR) is 94.9 cm³/mol. The fourth-order valence-electron chi connectivity index (χ4n) is 2.30. The summed E-state index contributed by atoms with van der Waals surface area (Å²) in [6, 6.07) is 6.11. The van der Waals surface area contributed by atoms with Crippen molar-refractivity contribution in [1.82, 2.24) is 10.2 Å². The average Bonchev–Trinajstić information content (AvgIpc) is 2.54. The minimum atomic E-state index is -0.988. The maximum Gasteiger partial charge on any atom is 0.321 e. The molecule has 1 unspecified atom stereocenters.